The van der Waals surface area contributed by atoms with Gasteiger partial charge in [-0.15, -0.1) is 0 Å². The van der Waals surface area contributed by atoms with Crippen LogP contribution in [0.1, 0.15) is 23.2 Å². The van der Waals surface area contributed by atoms with Crippen molar-refractivity contribution < 1.29 is 4.79 Å². The van der Waals surface area contributed by atoms with Gasteiger partial charge in [0.25, 0.3) is 0 Å². The first-order chi connectivity index (χ1) is 7.88. The lowest BCUT2D eigenvalue weighted by atomic mass is 10.4. The van der Waals surface area contributed by atoms with E-state index < -0.39 is 0 Å². The molecule has 0 saturated carbocycles. The molecular weight excluding hydrogens is 204 g/mol. The maximum atomic E-state index is 10.8. The maximum absolute atomic E-state index is 10.8. The van der Waals surface area contributed by atoms with Crippen molar-refractivity contribution in [2.75, 3.05) is 18.0 Å². The van der Waals surface area contributed by atoms with Gasteiger partial charge in [-0.25, -0.2) is 9.50 Å². The van der Waals surface area contributed by atoms with Gasteiger partial charge in [-0.3, -0.25) is 4.79 Å². The second kappa shape index (κ2) is 3.59. The summed E-state index contributed by atoms with van der Waals surface area (Å²) >= 11 is 0. The number of carbonyl (C=O) groups excluding carboxylic acids is 1. The van der Waals surface area contributed by atoms with Crippen LogP contribution in [0.5, 0.6) is 0 Å². The van der Waals surface area contributed by atoms with Crippen molar-refractivity contribution in [1.82, 2.24) is 14.6 Å². The predicted molar refractivity (Wildman–Crippen MR) is 59.8 cm³/mol. The van der Waals surface area contributed by atoms with Crippen molar-refractivity contribution in [3.63, 3.8) is 0 Å². The number of anilines is 1. The van der Waals surface area contributed by atoms with E-state index in [0.29, 0.717) is 11.2 Å². The van der Waals surface area contributed by atoms with E-state index in [9.17, 15) is 4.79 Å². The summed E-state index contributed by atoms with van der Waals surface area (Å²) in [5.41, 5.74) is 1.18. The third kappa shape index (κ3) is 1.36. The Morgan fingerprint density at radius 1 is 1.31 bits per heavy atom. The van der Waals surface area contributed by atoms with E-state index in [0.717, 1.165) is 25.2 Å². The van der Waals surface area contributed by atoms with E-state index in [-0.39, 0.29) is 0 Å². The van der Waals surface area contributed by atoms with Gasteiger partial charge in [0.1, 0.15) is 5.82 Å². The molecule has 5 nitrogen and oxygen atoms in total. The van der Waals surface area contributed by atoms with Crippen molar-refractivity contribution in [3.8, 4) is 0 Å². The molecule has 0 bridgehead atoms. The van der Waals surface area contributed by atoms with Gasteiger partial charge in [0.15, 0.2) is 11.9 Å². The van der Waals surface area contributed by atoms with Gasteiger partial charge in [0, 0.05) is 19.3 Å². The van der Waals surface area contributed by atoms with Crippen LogP contribution in [0, 0.1) is 0 Å². The molecule has 2 aromatic rings. The minimum absolute atomic E-state index is 0.543. The SMILES string of the molecule is O=Cc1cnn2ccc(N3CCCC3)nc12. The fraction of sp³-hybridized carbons (Fsp3) is 0.364. The monoisotopic (exact) mass is 216 g/mol. The molecule has 0 aromatic carbocycles. The van der Waals surface area contributed by atoms with Crippen LogP contribution < -0.4 is 4.90 Å². The summed E-state index contributed by atoms with van der Waals surface area (Å²) in [5.74, 6) is 0.939. The Hall–Kier alpha value is -1.91. The van der Waals surface area contributed by atoms with E-state index in [4.69, 9.17) is 0 Å². The first-order valence-electron chi connectivity index (χ1n) is 5.43. The number of carbonyl (C=O) groups is 1. The van der Waals surface area contributed by atoms with Crippen LogP contribution in [0.3, 0.4) is 0 Å². The average Bonchev–Trinajstić information content (AvgIpc) is 2.97. The standard InChI is InChI=1S/C11H12N4O/c16-8-9-7-12-15-6-3-10(13-11(9)15)14-4-1-2-5-14/h3,6-8H,1-2,4-5H2. The molecule has 82 valence electrons. The lowest BCUT2D eigenvalue weighted by Crippen LogP contribution is -2.19. The highest BCUT2D eigenvalue weighted by atomic mass is 16.1. The highest BCUT2D eigenvalue weighted by molar-refractivity contribution is 5.84. The molecule has 0 N–H and O–H groups in total. The number of hydrogen-bond donors (Lipinski definition) is 0. The summed E-state index contributed by atoms with van der Waals surface area (Å²) in [4.78, 5) is 17.5. The summed E-state index contributed by atoms with van der Waals surface area (Å²) < 4.78 is 1.63. The van der Waals surface area contributed by atoms with Crippen LogP contribution in [-0.2, 0) is 0 Å². The van der Waals surface area contributed by atoms with Crippen molar-refractivity contribution in [1.29, 1.82) is 0 Å². The molecule has 3 rings (SSSR count). The smallest absolute Gasteiger partial charge is 0.167 e. The first kappa shape index (κ1) is 9.33. The van der Waals surface area contributed by atoms with Crippen LogP contribution >= 0.6 is 0 Å². The minimum Gasteiger partial charge on any atom is -0.357 e. The van der Waals surface area contributed by atoms with Gasteiger partial charge in [0.2, 0.25) is 0 Å². The highest BCUT2D eigenvalue weighted by Crippen LogP contribution is 2.18. The Labute approximate surface area is 92.7 Å². The molecule has 0 amide bonds. The predicted octanol–water partition coefficient (Wildman–Crippen LogP) is 1.14. The largest absolute Gasteiger partial charge is 0.357 e. The molecule has 1 aliphatic heterocycles. The van der Waals surface area contributed by atoms with Crippen molar-refractivity contribution in [2.45, 2.75) is 12.8 Å². The Bertz CT molecular complexity index is 528. The van der Waals surface area contributed by atoms with Gasteiger partial charge in [0.05, 0.1) is 11.8 Å². The van der Waals surface area contributed by atoms with Gasteiger partial charge in [-0.2, -0.15) is 5.10 Å². The molecule has 0 unspecified atom stereocenters. The first-order valence-corrected chi connectivity index (χ1v) is 5.43. The lowest BCUT2D eigenvalue weighted by molar-refractivity contribution is 0.112. The lowest BCUT2D eigenvalue weighted by Gasteiger charge is -2.15. The van der Waals surface area contributed by atoms with E-state index in [1.165, 1.54) is 12.8 Å². The van der Waals surface area contributed by atoms with Crippen LogP contribution in [0.25, 0.3) is 5.65 Å². The molecule has 0 spiro atoms. The average molecular weight is 216 g/mol. The molecule has 3 heterocycles. The number of fused-ring (bicyclic) bond motifs is 1. The highest BCUT2D eigenvalue weighted by Gasteiger charge is 2.14. The summed E-state index contributed by atoms with van der Waals surface area (Å²) in [6, 6.07) is 1.94. The molecule has 2 aromatic heterocycles. The number of hydrogen-bond acceptors (Lipinski definition) is 4. The second-order valence-electron chi connectivity index (χ2n) is 3.97. The van der Waals surface area contributed by atoms with E-state index >= 15 is 0 Å². The van der Waals surface area contributed by atoms with Crippen LogP contribution in [0.2, 0.25) is 0 Å². The van der Waals surface area contributed by atoms with Crippen molar-refractivity contribution in [3.05, 3.63) is 24.0 Å². The summed E-state index contributed by atoms with van der Waals surface area (Å²) in [7, 11) is 0. The zero-order valence-corrected chi connectivity index (χ0v) is 8.83. The van der Waals surface area contributed by atoms with Crippen LogP contribution in [0.4, 0.5) is 5.82 Å². The summed E-state index contributed by atoms with van der Waals surface area (Å²) in [5, 5.41) is 4.06. The Morgan fingerprint density at radius 2 is 2.12 bits per heavy atom. The quantitative estimate of drug-likeness (QED) is 0.706. The Morgan fingerprint density at radius 3 is 2.88 bits per heavy atom. The van der Waals surface area contributed by atoms with Crippen molar-refractivity contribution >= 4 is 17.8 Å². The Balaban J connectivity index is 2.09. The van der Waals surface area contributed by atoms with Gasteiger partial charge >= 0.3 is 0 Å². The van der Waals surface area contributed by atoms with Crippen LogP contribution in [0.15, 0.2) is 18.5 Å². The van der Waals surface area contributed by atoms with E-state index in [2.05, 4.69) is 15.0 Å². The number of rotatable bonds is 2. The zero-order valence-electron chi connectivity index (χ0n) is 8.83. The number of aromatic nitrogens is 3. The molecule has 1 aliphatic rings. The summed E-state index contributed by atoms with van der Waals surface area (Å²) in [6.45, 7) is 2.10. The van der Waals surface area contributed by atoms with E-state index in [1.807, 2.05) is 12.3 Å². The van der Waals surface area contributed by atoms with Gasteiger partial charge in [-0.1, -0.05) is 0 Å². The van der Waals surface area contributed by atoms with Gasteiger partial charge in [-0.05, 0) is 18.9 Å². The topological polar surface area (TPSA) is 50.5 Å². The zero-order chi connectivity index (χ0) is 11.0. The minimum atomic E-state index is 0.543. The number of aldehydes is 1. The fourth-order valence-electron chi connectivity index (χ4n) is 2.08. The molecule has 1 fully saturated rings. The summed E-state index contributed by atoms with van der Waals surface area (Å²) in [6.07, 6.45) is 6.62. The molecule has 0 atom stereocenters. The number of nitrogens with zero attached hydrogens (tertiary/aromatic N) is 4. The van der Waals surface area contributed by atoms with Crippen LogP contribution in [-0.4, -0.2) is 34.0 Å². The molecule has 0 aliphatic carbocycles. The van der Waals surface area contributed by atoms with Crippen molar-refractivity contribution in [2.24, 2.45) is 0 Å². The third-order valence-electron chi connectivity index (χ3n) is 2.94. The molecule has 16 heavy (non-hydrogen) atoms. The van der Waals surface area contributed by atoms with E-state index in [1.54, 1.807) is 10.7 Å². The second-order valence-corrected chi connectivity index (χ2v) is 3.97. The maximum Gasteiger partial charge on any atom is 0.167 e. The molecule has 0 radical (unpaired) electrons. The fourth-order valence-corrected chi connectivity index (χ4v) is 2.08. The molecule has 5 heteroatoms. The Kier molecular flexibility index (Phi) is 2.09. The molecular formula is C11H12N4O. The third-order valence-corrected chi connectivity index (χ3v) is 2.94. The normalized spacial score (nSPS) is 15.9. The van der Waals surface area contributed by atoms with Gasteiger partial charge < -0.3 is 4.90 Å². The molecule has 1 saturated heterocycles.